The zero-order chi connectivity index (χ0) is 19.2. The third-order valence-electron chi connectivity index (χ3n) is 5.14. The van der Waals surface area contributed by atoms with Crippen LogP contribution in [-0.2, 0) is 6.54 Å². The van der Waals surface area contributed by atoms with Gasteiger partial charge in [-0.15, -0.1) is 0 Å². The lowest BCUT2D eigenvalue weighted by molar-refractivity contribution is 0.220. The van der Waals surface area contributed by atoms with Crippen LogP contribution < -0.4 is 16.2 Å². The highest BCUT2D eigenvalue weighted by Gasteiger charge is 2.23. The molecule has 0 bridgehead atoms. The minimum atomic E-state index is -0.255. The number of rotatable bonds is 6. The quantitative estimate of drug-likeness (QED) is 0.733. The molecule has 0 spiro atoms. The summed E-state index contributed by atoms with van der Waals surface area (Å²) in [5.74, 6) is 0. The molecule has 0 saturated carbocycles. The van der Waals surface area contributed by atoms with Crippen molar-refractivity contribution in [3.63, 3.8) is 0 Å². The van der Waals surface area contributed by atoms with Crippen LogP contribution in [0.3, 0.4) is 0 Å². The number of aryl methyl sites for hydroxylation is 2. The molecule has 3 rings (SSSR count). The number of benzene rings is 1. The molecular weight excluding hydrogens is 340 g/mol. The normalized spacial score (nSPS) is 15.5. The van der Waals surface area contributed by atoms with Crippen molar-refractivity contribution in [3.05, 3.63) is 69.1 Å². The molecule has 0 radical (unpaired) electrons. The van der Waals surface area contributed by atoms with Gasteiger partial charge in [-0.1, -0.05) is 30.3 Å². The molecule has 2 heterocycles. The fourth-order valence-electron chi connectivity index (χ4n) is 3.71. The van der Waals surface area contributed by atoms with Gasteiger partial charge in [-0.05, 0) is 57.0 Å². The zero-order valence-electron chi connectivity index (χ0n) is 16.0. The largest absolute Gasteiger partial charge is 0.336 e. The topological polar surface area (TPSA) is 77.2 Å². The number of aromatic nitrogens is 1. The summed E-state index contributed by atoms with van der Waals surface area (Å²) in [7, 11) is 0. The van der Waals surface area contributed by atoms with Gasteiger partial charge in [0.15, 0.2) is 0 Å². The Morgan fingerprint density at radius 3 is 2.52 bits per heavy atom. The second-order valence-corrected chi connectivity index (χ2v) is 7.18. The van der Waals surface area contributed by atoms with Crippen molar-refractivity contribution >= 4 is 6.03 Å². The van der Waals surface area contributed by atoms with Crippen LogP contribution in [-0.4, -0.2) is 35.5 Å². The minimum absolute atomic E-state index is 0.146. The van der Waals surface area contributed by atoms with Crippen LogP contribution in [0.4, 0.5) is 4.79 Å². The summed E-state index contributed by atoms with van der Waals surface area (Å²) in [6.45, 7) is 6.60. The smallest absolute Gasteiger partial charge is 0.315 e. The molecule has 1 aliphatic heterocycles. The fraction of sp³-hybridized carbons (Fsp3) is 0.429. The first-order valence-corrected chi connectivity index (χ1v) is 9.54. The van der Waals surface area contributed by atoms with E-state index in [4.69, 9.17) is 0 Å². The first kappa shape index (κ1) is 19.2. The predicted molar refractivity (Wildman–Crippen MR) is 107 cm³/mol. The van der Waals surface area contributed by atoms with Crippen molar-refractivity contribution in [3.8, 4) is 0 Å². The Kier molecular flexibility index (Phi) is 6.29. The van der Waals surface area contributed by atoms with Gasteiger partial charge in [0.2, 0.25) is 0 Å². The van der Waals surface area contributed by atoms with Gasteiger partial charge in [0, 0.05) is 17.8 Å². The van der Waals surface area contributed by atoms with Crippen molar-refractivity contribution in [1.29, 1.82) is 0 Å². The summed E-state index contributed by atoms with van der Waals surface area (Å²) in [6, 6.07) is 12.1. The summed E-state index contributed by atoms with van der Waals surface area (Å²) in [4.78, 5) is 29.6. The number of nitrogens with one attached hydrogen (secondary N) is 3. The lowest BCUT2D eigenvalue weighted by atomic mass is 10.1. The molecule has 27 heavy (non-hydrogen) atoms. The lowest BCUT2D eigenvalue weighted by Crippen LogP contribution is -2.42. The molecule has 0 aliphatic carbocycles. The number of hydrogen-bond acceptors (Lipinski definition) is 3. The second kappa shape index (κ2) is 8.86. The Balaban J connectivity index is 1.59. The van der Waals surface area contributed by atoms with Gasteiger partial charge in [-0.2, -0.15) is 0 Å². The highest BCUT2D eigenvalue weighted by molar-refractivity contribution is 5.73. The maximum atomic E-state index is 12.3. The predicted octanol–water partition coefficient (Wildman–Crippen LogP) is 2.63. The Bertz CT molecular complexity index is 826. The molecule has 1 aromatic heterocycles. The Morgan fingerprint density at radius 1 is 1.15 bits per heavy atom. The molecule has 1 saturated heterocycles. The van der Waals surface area contributed by atoms with Crippen molar-refractivity contribution in [1.82, 2.24) is 20.5 Å². The van der Waals surface area contributed by atoms with E-state index in [0.717, 1.165) is 24.3 Å². The van der Waals surface area contributed by atoms with E-state index in [0.29, 0.717) is 12.1 Å². The average Bonchev–Trinajstić information content (AvgIpc) is 3.16. The van der Waals surface area contributed by atoms with Crippen molar-refractivity contribution < 1.29 is 4.79 Å². The van der Waals surface area contributed by atoms with E-state index in [1.165, 1.54) is 18.4 Å². The number of carbonyl (C=O) groups is 1. The average molecular weight is 368 g/mol. The van der Waals surface area contributed by atoms with E-state index in [9.17, 15) is 9.59 Å². The molecule has 2 aromatic rings. The molecule has 1 fully saturated rings. The first-order chi connectivity index (χ1) is 13.0. The summed E-state index contributed by atoms with van der Waals surface area (Å²) in [6.07, 6.45) is 2.40. The summed E-state index contributed by atoms with van der Waals surface area (Å²) in [5.41, 5.74) is 3.37. The van der Waals surface area contributed by atoms with Gasteiger partial charge in [0.05, 0.1) is 12.6 Å². The van der Waals surface area contributed by atoms with Gasteiger partial charge >= 0.3 is 6.03 Å². The summed E-state index contributed by atoms with van der Waals surface area (Å²) in [5, 5.41) is 5.78. The van der Waals surface area contributed by atoms with E-state index in [2.05, 4.69) is 32.7 Å². The van der Waals surface area contributed by atoms with E-state index in [1.54, 1.807) is 0 Å². The second-order valence-electron chi connectivity index (χ2n) is 7.18. The minimum Gasteiger partial charge on any atom is -0.336 e. The van der Waals surface area contributed by atoms with Crippen LogP contribution in [0.5, 0.6) is 0 Å². The molecule has 1 aromatic carbocycles. The number of carbonyl (C=O) groups excluding carboxylic acids is 1. The Morgan fingerprint density at radius 2 is 1.85 bits per heavy atom. The highest BCUT2D eigenvalue weighted by Crippen LogP contribution is 2.24. The molecule has 3 N–H and O–H groups in total. The summed E-state index contributed by atoms with van der Waals surface area (Å²) < 4.78 is 0. The Hall–Kier alpha value is -2.60. The SMILES string of the molecule is Cc1cc(C)c(CNC(=O)NCC(c2ccccc2)N2CCCC2)c(=O)[nH]1. The first-order valence-electron chi connectivity index (χ1n) is 9.54. The molecule has 1 unspecified atom stereocenters. The number of likely N-dealkylation sites (tertiary alicyclic amines) is 1. The number of H-pyrrole nitrogens is 1. The highest BCUT2D eigenvalue weighted by atomic mass is 16.2. The number of hydrogen-bond donors (Lipinski definition) is 3. The summed E-state index contributed by atoms with van der Waals surface area (Å²) >= 11 is 0. The third kappa shape index (κ3) is 4.98. The van der Waals surface area contributed by atoms with Gasteiger partial charge < -0.3 is 15.6 Å². The van der Waals surface area contributed by atoms with Crippen LogP contribution in [0.1, 0.15) is 41.3 Å². The maximum Gasteiger partial charge on any atom is 0.315 e. The van der Waals surface area contributed by atoms with E-state index < -0.39 is 0 Å². The molecule has 6 heteroatoms. The number of urea groups is 1. The van der Waals surface area contributed by atoms with Crippen LogP contribution >= 0.6 is 0 Å². The third-order valence-corrected chi connectivity index (χ3v) is 5.14. The lowest BCUT2D eigenvalue weighted by Gasteiger charge is -2.28. The van der Waals surface area contributed by atoms with Crippen molar-refractivity contribution in [2.75, 3.05) is 19.6 Å². The van der Waals surface area contributed by atoms with E-state index >= 15 is 0 Å². The van der Waals surface area contributed by atoms with Crippen LogP contribution in [0.15, 0.2) is 41.2 Å². The van der Waals surface area contributed by atoms with Crippen LogP contribution in [0.25, 0.3) is 0 Å². The molecule has 1 aliphatic rings. The van der Waals surface area contributed by atoms with E-state index in [1.807, 2.05) is 38.1 Å². The Labute approximate surface area is 160 Å². The zero-order valence-corrected chi connectivity index (χ0v) is 16.0. The van der Waals surface area contributed by atoms with Crippen molar-refractivity contribution in [2.24, 2.45) is 0 Å². The fourth-order valence-corrected chi connectivity index (χ4v) is 3.71. The number of nitrogens with zero attached hydrogens (tertiary/aromatic N) is 1. The van der Waals surface area contributed by atoms with Crippen molar-refractivity contribution in [2.45, 2.75) is 39.3 Å². The van der Waals surface area contributed by atoms with Crippen LogP contribution in [0, 0.1) is 13.8 Å². The molecule has 6 nitrogen and oxygen atoms in total. The molecule has 1 atom stereocenters. The monoisotopic (exact) mass is 368 g/mol. The van der Waals surface area contributed by atoms with E-state index in [-0.39, 0.29) is 24.2 Å². The van der Waals surface area contributed by atoms with Gasteiger partial charge in [-0.25, -0.2) is 4.79 Å². The number of amides is 2. The molecule has 2 amide bonds. The van der Waals surface area contributed by atoms with Gasteiger partial charge in [-0.3, -0.25) is 9.69 Å². The maximum absolute atomic E-state index is 12.3. The van der Waals surface area contributed by atoms with Gasteiger partial charge in [0.1, 0.15) is 0 Å². The number of pyridine rings is 1. The molecule has 144 valence electrons. The van der Waals surface area contributed by atoms with Gasteiger partial charge in [0.25, 0.3) is 5.56 Å². The van der Waals surface area contributed by atoms with Crippen LogP contribution in [0.2, 0.25) is 0 Å². The standard InChI is InChI=1S/C21H28N4O2/c1-15-12-16(2)24-20(26)18(15)13-22-21(27)23-14-19(25-10-6-7-11-25)17-8-4-3-5-9-17/h3-5,8-9,12,19H,6-7,10-11,13-14H2,1-2H3,(H,24,26)(H2,22,23,27). The molecular formula is C21H28N4O2. The number of aromatic amines is 1.